The molecule has 0 saturated carbocycles. The van der Waals surface area contributed by atoms with Crippen molar-refractivity contribution in [2.75, 3.05) is 75.9 Å². The third-order valence-corrected chi connectivity index (χ3v) is 6.45. The Morgan fingerprint density at radius 3 is 1.92 bits per heavy atom. The maximum absolute atomic E-state index is 12.0. The lowest BCUT2D eigenvalue weighted by atomic mass is 10.3. The number of ether oxygens (including phenoxy) is 3. The molecule has 0 unspecified atom stereocenters. The Bertz CT molecular complexity index is 935. The van der Waals surface area contributed by atoms with E-state index < -0.39 is 0 Å². The Morgan fingerprint density at radius 2 is 1.30 bits per heavy atom. The van der Waals surface area contributed by atoms with E-state index in [-0.39, 0.29) is 12.1 Å². The number of amides is 4. The van der Waals surface area contributed by atoms with Gasteiger partial charge in [-0.25, -0.2) is 9.59 Å². The van der Waals surface area contributed by atoms with E-state index in [1.54, 1.807) is 23.5 Å². The minimum Gasteiger partial charge on any atom is -0.379 e. The molecule has 37 heavy (non-hydrogen) atoms. The first-order valence-electron chi connectivity index (χ1n) is 12.2. The maximum atomic E-state index is 12.0. The topological polar surface area (TPSA) is 110 Å². The van der Waals surface area contributed by atoms with Crippen molar-refractivity contribution in [3.8, 4) is 0 Å². The lowest BCUT2D eigenvalue weighted by Crippen LogP contribution is -2.30. The largest absolute Gasteiger partial charge is 0.379 e. The average molecular weight is 551 g/mol. The molecule has 4 N–H and O–H groups in total. The molecule has 0 heterocycles. The highest BCUT2D eigenvalue weighted by Gasteiger charge is 2.05. The van der Waals surface area contributed by atoms with Gasteiger partial charge in [-0.2, -0.15) is 0 Å². The lowest BCUT2D eigenvalue weighted by Gasteiger charge is -2.11. The monoisotopic (exact) mass is 550 g/mol. The van der Waals surface area contributed by atoms with Crippen LogP contribution in [0.2, 0.25) is 0 Å². The first-order valence-corrected chi connectivity index (χ1v) is 14.7. The van der Waals surface area contributed by atoms with Gasteiger partial charge in [0.05, 0.1) is 32.1 Å². The number of para-hydroxylation sites is 1. The zero-order valence-electron chi connectivity index (χ0n) is 21.5. The van der Waals surface area contributed by atoms with E-state index >= 15 is 0 Å². The molecule has 2 aromatic carbocycles. The summed E-state index contributed by atoms with van der Waals surface area (Å²) in [5, 5.41) is 11.3. The third-order valence-electron chi connectivity index (χ3n) is 4.93. The van der Waals surface area contributed by atoms with Crippen molar-refractivity contribution in [2.24, 2.45) is 0 Å². The van der Waals surface area contributed by atoms with Crippen LogP contribution < -0.4 is 21.3 Å². The fourth-order valence-corrected chi connectivity index (χ4v) is 4.10. The molecule has 0 aliphatic rings. The van der Waals surface area contributed by atoms with Crippen molar-refractivity contribution in [2.45, 2.75) is 22.6 Å². The van der Waals surface area contributed by atoms with Crippen LogP contribution in [-0.2, 0) is 14.2 Å². The highest BCUT2D eigenvalue weighted by molar-refractivity contribution is 7.99. The van der Waals surface area contributed by atoms with E-state index in [1.807, 2.05) is 61.0 Å². The van der Waals surface area contributed by atoms with E-state index in [1.165, 1.54) is 0 Å². The van der Waals surface area contributed by atoms with Gasteiger partial charge in [-0.3, -0.25) is 0 Å². The van der Waals surface area contributed by atoms with Gasteiger partial charge in [0.1, 0.15) is 0 Å². The average Bonchev–Trinajstić information content (AvgIpc) is 2.91. The summed E-state index contributed by atoms with van der Waals surface area (Å²) in [5.74, 6) is 0. The van der Waals surface area contributed by atoms with Gasteiger partial charge in [-0.15, -0.1) is 23.5 Å². The summed E-state index contributed by atoms with van der Waals surface area (Å²) in [4.78, 5) is 26.0. The summed E-state index contributed by atoms with van der Waals surface area (Å²) in [5.41, 5.74) is 1.58. The molecule has 0 aromatic heterocycles. The van der Waals surface area contributed by atoms with Crippen molar-refractivity contribution in [1.82, 2.24) is 10.6 Å². The summed E-state index contributed by atoms with van der Waals surface area (Å²) in [6, 6.07) is 15.0. The number of hydrogen-bond donors (Lipinski definition) is 4. The Kier molecular flexibility index (Phi) is 16.3. The van der Waals surface area contributed by atoms with Crippen LogP contribution in [0.1, 0.15) is 12.8 Å². The third kappa shape index (κ3) is 14.2. The Balaban J connectivity index is 1.33. The zero-order chi connectivity index (χ0) is 26.6. The molecule has 0 spiro atoms. The van der Waals surface area contributed by atoms with Crippen LogP contribution in [0, 0.1) is 0 Å². The highest BCUT2D eigenvalue weighted by Crippen LogP contribution is 2.24. The predicted molar refractivity (Wildman–Crippen MR) is 152 cm³/mol. The molecule has 11 heteroatoms. The second kappa shape index (κ2) is 19.6. The van der Waals surface area contributed by atoms with Crippen LogP contribution in [0.25, 0.3) is 0 Å². The summed E-state index contributed by atoms with van der Waals surface area (Å²) in [6.45, 7) is 4.12. The fourth-order valence-electron chi connectivity index (χ4n) is 3.08. The second-order valence-corrected chi connectivity index (χ2v) is 9.47. The molecule has 4 amide bonds. The van der Waals surface area contributed by atoms with Crippen LogP contribution in [0.4, 0.5) is 21.0 Å². The first-order chi connectivity index (χ1) is 18.1. The minimum atomic E-state index is -0.224. The smallest absolute Gasteiger partial charge is 0.319 e. The quantitative estimate of drug-likeness (QED) is 0.154. The summed E-state index contributed by atoms with van der Waals surface area (Å²) in [7, 11) is 0. The second-order valence-electron chi connectivity index (χ2n) is 7.74. The van der Waals surface area contributed by atoms with E-state index in [2.05, 4.69) is 21.3 Å². The number of thioether (sulfide) groups is 2. The van der Waals surface area contributed by atoms with Crippen LogP contribution in [0.3, 0.4) is 0 Å². The van der Waals surface area contributed by atoms with Crippen molar-refractivity contribution in [1.29, 1.82) is 0 Å². The van der Waals surface area contributed by atoms with Gasteiger partial charge in [0, 0.05) is 41.8 Å². The van der Waals surface area contributed by atoms with E-state index in [0.717, 1.165) is 34.0 Å². The molecule has 0 bridgehead atoms. The fraction of sp³-hybridized carbons (Fsp3) is 0.462. The zero-order valence-corrected chi connectivity index (χ0v) is 23.2. The number of urea groups is 2. The van der Waals surface area contributed by atoms with Gasteiger partial charge in [-0.05, 0) is 55.7 Å². The van der Waals surface area contributed by atoms with Gasteiger partial charge in [0.2, 0.25) is 0 Å². The molecular formula is C26H38N4O5S2. The van der Waals surface area contributed by atoms with Crippen molar-refractivity contribution < 1.29 is 23.8 Å². The number of nitrogens with one attached hydrogen (secondary N) is 4. The molecule has 2 aromatic rings. The molecule has 0 atom stereocenters. The molecular weight excluding hydrogens is 512 g/mol. The van der Waals surface area contributed by atoms with E-state index in [9.17, 15) is 9.59 Å². The molecule has 204 valence electrons. The van der Waals surface area contributed by atoms with Gasteiger partial charge in [0.15, 0.2) is 0 Å². The van der Waals surface area contributed by atoms with Crippen molar-refractivity contribution in [3.05, 3.63) is 48.5 Å². The lowest BCUT2D eigenvalue weighted by molar-refractivity contribution is 0.0140. The SMILES string of the molecule is CSc1cccc(NC(=O)NCCCOCCOCCOCCCNC(=O)Nc2ccccc2SC)c1. The van der Waals surface area contributed by atoms with E-state index in [4.69, 9.17) is 14.2 Å². The standard InChI is InChI=1S/C26H38N4O5S2/c1-36-22-9-5-8-21(20-22)29-25(31)27-12-6-14-33-16-18-35-19-17-34-15-7-13-28-26(32)30-23-10-3-4-11-24(23)37-2/h3-5,8-11,20H,6-7,12-19H2,1-2H3,(H2,27,29,31)(H2,28,30,32). The van der Waals surface area contributed by atoms with Crippen LogP contribution in [0.15, 0.2) is 58.3 Å². The van der Waals surface area contributed by atoms with Crippen LogP contribution >= 0.6 is 23.5 Å². The van der Waals surface area contributed by atoms with Gasteiger partial charge >= 0.3 is 12.1 Å². The minimum absolute atomic E-state index is 0.221. The molecule has 9 nitrogen and oxygen atoms in total. The van der Waals surface area contributed by atoms with Crippen molar-refractivity contribution in [3.63, 3.8) is 0 Å². The number of carbonyl (C=O) groups excluding carboxylic acids is 2. The highest BCUT2D eigenvalue weighted by atomic mass is 32.2. The molecule has 0 aliphatic carbocycles. The van der Waals surface area contributed by atoms with Crippen LogP contribution in [0.5, 0.6) is 0 Å². The Hall–Kier alpha value is -2.44. The summed E-state index contributed by atoms with van der Waals surface area (Å²) < 4.78 is 16.5. The molecule has 0 saturated heterocycles. The number of hydrogen-bond acceptors (Lipinski definition) is 7. The molecule has 0 radical (unpaired) electrons. The molecule has 2 rings (SSSR count). The number of carbonyl (C=O) groups is 2. The maximum Gasteiger partial charge on any atom is 0.319 e. The van der Waals surface area contributed by atoms with Gasteiger partial charge in [-0.1, -0.05) is 18.2 Å². The number of benzene rings is 2. The summed E-state index contributed by atoms with van der Waals surface area (Å²) >= 11 is 3.22. The number of anilines is 2. The van der Waals surface area contributed by atoms with Crippen molar-refractivity contribution >= 4 is 47.0 Å². The molecule has 0 fully saturated rings. The predicted octanol–water partition coefficient (Wildman–Crippen LogP) is 4.90. The number of rotatable bonds is 18. The first kappa shape index (κ1) is 30.8. The molecule has 0 aliphatic heterocycles. The summed E-state index contributed by atoms with van der Waals surface area (Å²) in [6.07, 6.45) is 5.41. The Labute approximate surface area is 228 Å². The van der Waals surface area contributed by atoms with Gasteiger partial charge in [0.25, 0.3) is 0 Å². The van der Waals surface area contributed by atoms with Gasteiger partial charge < -0.3 is 35.5 Å². The Morgan fingerprint density at radius 1 is 0.703 bits per heavy atom. The normalized spacial score (nSPS) is 10.6. The van der Waals surface area contributed by atoms with E-state index in [0.29, 0.717) is 52.7 Å². The van der Waals surface area contributed by atoms with Crippen LogP contribution in [-0.4, -0.2) is 77.3 Å².